The van der Waals surface area contributed by atoms with Gasteiger partial charge in [-0.2, -0.15) is 0 Å². The van der Waals surface area contributed by atoms with Crippen molar-refractivity contribution in [2.24, 2.45) is 0 Å². The Labute approximate surface area is 127 Å². The SMILES string of the molecule is O=C(Cl)/C=C/c1ccc(-c2ccc(Br)cc2[N+](=O)[O-])o1. The van der Waals surface area contributed by atoms with E-state index in [1.54, 1.807) is 24.3 Å². The first-order valence-electron chi connectivity index (χ1n) is 5.39. The van der Waals surface area contributed by atoms with E-state index >= 15 is 0 Å². The summed E-state index contributed by atoms with van der Waals surface area (Å²) in [6, 6.07) is 7.85. The Balaban J connectivity index is 2.42. The zero-order valence-corrected chi connectivity index (χ0v) is 12.2. The highest BCUT2D eigenvalue weighted by atomic mass is 79.9. The second-order valence-electron chi connectivity index (χ2n) is 3.76. The minimum Gasteiger partial charge on any atom is -0.456 e. The number of benzene rings is 1. The second kappa shape index (κ2) is 6.02. The lowest BCUT2D eigenvalue weighted by Crippen LogP contribution is -1.91. The van der Waals surface area contributed by atoms with Gasteiger partial charge >= 0.3 is 0 Å². The Morgan fingerprint density at radius 3 is 2.75 bits per heavy atom. The Bertz CT molecular complexity index is 708. The van der Waals surface area contributed by atoms with Crippen LogP contribution in [0.2, 0.25) is 0 Å². The highest BCUT2D eigenvalue weighted by Crippen LogP contribution is 2.33. The molecule has 1 aromatic carbocycles. The van der Waals surface area contributed by atoms with Gasteiger partial charge in [0, 0.05) is 16.6 Å². The molecular formula is C13H7BrClNO4. The van der Waals surface area contributed by atoms with Crippen molar-refractivity contribution >= 4 is 44.5 Å². The number of nitro groups is 1. The van der Waals surface area contributed by atoms with E-state index in [0.717, 1.165) is 6.08 Å². The topological polar surface area (TPSA) is 73.3 Å². The van der Waals surface area contributed by atoms with Crippen molar-refractivity contribution < 1.29 is 14.1 Å². The number of allylic oxidation sites excluding steroid dienone is 1. The van der Waals surface area contributed by atoms with Crippen molar-refractivity contribution in [3.8, 4) is 11.3 Å². The summed E-state index contributed by atoms with van der Waals surface area (Å²) in [5, 5.41) is 10.4. The maximum Gasteiger partial charge on any atom is 0.281 e. The third-order valence-corrected chi connectivity index (χ3v) is 3.05. The molecule has 102 valence electrons. The van der Waals surface area contributed by atoms with E-state index in [4.69, 9.17) is 16.0 Å². The van der Waals surface area contributed by atoms with Crippen LogP contribution in [0.15, 0.2) is 45.3 Å². The lowest BCUT2D eigenvalue weighted by atomic mass is 10.1. The van der Waals surface area contributed by atoms with E-state index in [9.17, 15) is 14.9 Å². The Morgan fingerprint density at radius 1 is 1.35 bits per heavy atom. The molecule has 0 bridgehead atoms. The molecule has 0 aliphatic heterocycles. The number of carbonyl (C=O) groups excluding carboxylic acids is 1. The van der Waals surface area contributed by atoms with Gasteiger partial charge < -0.3 is 4.42 Å². The number of nitro benzene ring substituents is 1. The predicted molar refractivity (Wildman–Crippen MR) is 78.4 cm³/mol. The van der Waals surface area contributed by atoms with E-state index in [0.29, 0.717) is 21.6 Å². The summed E-state index contributed by atoms with van der Waals surface area (Å²) in [5.41, 5.74) is 0.285. The minimum absolute atomic E-state index is 0.0716. The number of hydrogen-bond donors (Lipinski definition) is 0. The molecule has 0 unspecified atom stereocenters. The van der Waals surface area contributed by atoms with Gasteiger partial charge in [-0.25, -0.2) is 0 Å². The standard InChI is InChI=1S/C13H7BrClNO4/c14-8-1-4-10(11(7-8)16(18)19)12-5-2-9(20-12)3-6-13(15)17/h1-7H/b6-3+. The Morgan fingerprint density at radius 2 is 2.10 bits per heavy atom. The monoisotopic (exact) mass is 355 g/mol. The van der Waals surface area contributed by atoms with Gasteiger partial charge in [0.05, 0.1) is 10.5 Å². The molecule has 0 saturated carbocycles. The quantitative estimate of drug-likeness (QED) is 0.352. The maximum atomic E-state index is 11.0. The van der Waals surface area contributed by atoms with Crippen molar-refractivity contribution in [1.29, 1.82) is 0 Å². The normalized spacial score (nSPS) is 10.9. The van der Waals surface area contributed by atoms with Gasteiger partial charge in [-0.3, -0.25) is 14.9 Å². The average molecular weight is 357 g/mol. The summed E-state index contributed by atoms with van der Waals surface area (Å²) >= 11 is 8.36. The van der Waals surface area contributed by atoms with E-state index < -0.39 is 10.2 Å². The van der Waals surface area contributed by atoms with Crippen molar-refractivity contribution in [1.82, 2.24) is 0 Å². The molecule has 5 nitrogen and oxygen atoms in total. The van der Waals surface area contributed by atoms with Crippen LogP contribution in [0.5, 0.6) is 0 Å². The van der Waals surface area contributed by atoms with Crippen LogP contribution >= 0.6 is 27.5 Å². The molecule has 2 aromatic rings. The molecule has 0 N–H and O–H groups in total. The molecule has 0 aliphatic carbocycles. The molecule has 0 aliphatic rings. The summed E-state index contributed by atoms with van der Waals surface area (Å²) in [5.74, 6) is 0.720. The molecule has 20 heavy (non-hydrogen) atoms. The summed E-state index contributed by atoms with van der Waals surface area (Å²) < 4.78 is 6.04. The van der Waals surface area contributed by atoms with Crippen LogP contribution in [0.3, 0.4) is 0 Å². The molecule has 0 amide bonds. The van der Waals surface area contributed by atoms with Crippen LogP contribution in [0, 0.1) is 10.1 Å². The molecule has 0 radical (unpaired) electrons. The second-order valence-corrected chi connectivity index (χ2v) is 5.05. The van der Waals surface area contributed by atoms with Gasteiger partial charge in [-0.1, -0.05) is 15.9 Å². The van der Waals surface area contributed by atoms with Gasteiger partial charge in [0.2, 0.25) is 5.24 Å². The van der Waals surface area contributed by atoms with Gasteiger partial charge in [-0.15, -0.1) is 0 Å². The van der Waals surface area contributed by atoms with Crippen LogP contribution < -0.4 is 0 Å². The van der Waals surface area contributed by atoms with E-state index in [1.165, 1.54) is 12.1 Å². The molecule has 0 saturated heterocycles. The van der Waals surface area contributed by atoms with Gasteiger partial charge in [0.25, 0.3) is 5.69 Å². The zero-order chi connectivity index (χ0) is 14.7. The third kappa shape index (κ3) is 3.34. The lowest BCUT2D eigenvalue weighted by molar-refractivity contribution is -0.384. The maximum absolute atomic E-state index is 11.0. The molecule has 7 heteroatoms. The molecule has 1 aromatic heterocycles. The largest absolute Gasteiger partial charge is 0.456 e. The van der Waals surface area contributed by atoms with Crippen LogP contribution in [-0.2, 0) is 4.79 Å². The molecule has 2 rings (SSSR count). The number of nitrogens with zero attached hydrogens (tertiary/aromatic N) is 1. The van der Waals surface area contributed by atoms with Crippen LogP contribution in [0.25, 0.3) is 17.4 Å². The number of carbonyl (C=O) groups is 1. The van der Waals surface area contributed by atoms with Crippen LogP contribution in [-0.4, -0.2) is 10.2 Å². The number of halogens is 2. The van der Waals surface area contributed by atoms with Crippen LogP contribution in [0.1, 0.15) is 5.76 Å². The Kier molecular flexibility index (Phi) is 4.36. The van der Waals surface area contributed by atoms with E-state index in [-0.39, 0.29) is 5.69 Å². The third-order valence-electron chi connectivity index (χ3n) is 2.43. The predicted octanol–water partition coefficient (Wildman–Crippen LogP) is 4.40. The smallest absolute Gasteiger partial charge is 0.281 e. The summed E-state index contributed by atoms with van der Waals surface area (Å²) in [6.07, 6.45) is 2.53. The lowest BCUT2D eigenvalue weighted by Gasteiger charge is -2.00. The summed E-state index contributed by atoms with van der Waals surface area (Å²) in [7, 11) is 0. The first kappa shape index (κ1) is 14.5. The minimum atomic E-state index is -0.627. The first-order chi connectivity index (χ1) is 9.47. The summed E-state index contributed by atoms with van der Waals surface area (Å²) in [4.78, 5) is 21.2. The van der Waals surface area contributed by atoms with Crippen molar-refractivity contribution in [3.05, 3.63) is 56.8 Å². The van der Waals surface area contributed by atoms with Gasteiger partial charge in [0.15, 0.2) is 0 Å². The van der Waals surface area contributed by atoms with Gasteiger partial charge in [0.1, 0.15) is 11.5 Å². The zero-order valence-electron chi connectivity index (χ0n) is 9.88. The molecule has 1 heterocycles. The molecule has 0 fully saturated rings. The van der Waals surface area contributed by atoms with Crippen LogP contribution in [0.4, 0.5) is 5.69 Å². The highest BCUT2D eigenvalue weighted by Gasteiger charge is 2.18. The molecular weight excluding hydrogens is 350 g/mol. The van der Waals surface area contributed by atoms with Crippen molar-refractivity contribution in [3.63, 3.8) is 0 Å². The highest BCUT2D eigenvalue weighted by molar-refractivity contribution is 9.10. The summed E-state index contributed by atoms with van der Waals surface area (Å²) in [6.45, 7) is 0. The number of furan rings is 1. The fourth-order valence-corrected chi connectivity index (χ4v) is 2.01. The van der Waals surface area contributed by atoms with Gasteiger partial charge in [-0.05, 0) is 41.9 Å². The molecule has 0 atom stereocenters. The number of hydrogen-bond acceptors (Lipinski definition) is 4. The van der Waals surface area contributed by atoms with Crippen molar-refractivity contribution in [2.45, 2.75) is 0 Å². The van der Waals surface area contributed by atoms with Crippen molar-refractivity contribution in [2.75, 3.05) is 0 Å². The number of rotatable bonds is 4. The van der Waals surface area contributed by atoms with E-state index in [2.05, 4.69) is 15.9 Å². The fraction of sp³-hybridized carbons (Fsp3) is 0. The fourth-order valence-electron chi connectivity index (χ4n) is 1.60. The Hall–Kier alpha value is -1.92. The average Bonchev–Trinajstić information content (AvgIpc) is 2.84. The molecule has 0 spiro atoms. The van der Waals surface area contributed by atoms with E-state index in [1.807, 2.05) is 0 Å². The first-order valence-corrected chi connectivity index (χ1v) is 6.56.